The summed E-state index contributed by atoms with van der Waals surface area (Å²) in [5.74, 6) is 0.0704. The summed E-state index contributed by atoms with van der Waals surface area (Å²) < 4.78 is 56.8. The maximum Gasteiger partial charge on any atom is 0.416 e. The molecule has 0 aliphatic heterocycles. The summed E-state index contributed by atoms with van der Waals surface area (Å²) in [6.07, 6.45) is 2.19. The van der Waals surface area contributed by atoms with Crippen molar-refractivity contribution in [3.63, 3.8) is 0 Å². The van der Waals surface area contributed by atoms with Crippen LogP contribution in [0.4, 0.5) is 17.6 Å². The van der Waals surface area contributed by atoms with Gasteiger partial charge in [0.15, 0.2) is 5.82 Å². The van der Waals surface area contributed by atoms with E-state index in [-0.39, 0.29) is 11.3 Å². The summed E-state index contributed by atoms with van der Waals surface area (Å²) in [6, 6.07) is 6.50. The Labute approximate surface area is 175 Å². The molecule has 0 amide bonds. The highest BCUT2D eigenvalue weighted by atomic mass is 19.4. The molecule has 31 heavy (non-hydrogen) atoms. The second kappa shape index (κ2) is 7.98. The van der Waals surface area contributed by atoms with E-state index in [9.17, 15) is 17.6 Å². The molecule has 1 aromatic carbocycles. The van der Waals surface area contributed by atoms with Gasteiger partial charge in [-0.3, -0.25) is 0 Å². The van der Waals surface area contributed by atoms with E-state index < -0.39 is 23.7 Å². The number of pyridine rings is 1. The molecule has 1 unspecified atom stereocenters. The monoisotopic (exact) mass is 429 g/mol. The zero-order valence-corrected chi connectivity index (χ0v) is 16.8. The molecule has 0 bridgehead atoms. The highest BCUT2D eigenvalue weighted by Crippen LogP contribution is 2.39. The normalized spacial score (nSPS) is 12.8. The lowest BCUT2D eigenvalue weighted by atomic mass is 9.92. The van der Waals surface area contributed by atoms with Crippen LogP contribution in [0, 0.1) is 12.9 Å². The van der Waals surface area contributed by atoms with Crippen molar-refractivity contribution in [3.05, 3.63) is 89.1 Å². The van der Waals surface area contributed by atoms with Gasteiger partial charge < -0.3 is 9.55 Å². The first-order chi connectivity index (χ1) is 14.8. The molecule has 0 saturated heterocycles. The van der Waals surface area contributed by atoms with E-state index in [0.717, 1.165) is 0 Å². The highest BCUT2D eigenvalue weighted by Gasteiger charge is 2.35. The first-order valence-corrected chi connectivity index (χ1v) is 9.65. The summed E-state index contributed by atoms with van der Waals surface area (Å²) in [5, 5.41) is 0. The lowest BCUT2D eigenvalue weighted by Gasteiger charge is -2.24. The summed E-state index contributed by atoms with van der Waals surface area (Å²) >= 11 is 0. The number of imidazole rings is 2. The van der Waals surface area contributed by atoms with Crippen molar-refractivity contribution in [2.75, 3.05) is 0 Å². The van der Waals surface area contributed by atoms with Crippen molar-refractivity contribution in [3.8, 4) is 11.5 Å². The van der Waals surface area contributed by atoms with Gasteiger partial charge in [0.2, 0.25) is 5.95 Å². The smallest absolute Gasteiger partial charge is 0.347 e. The van der Waals surface area contributed by atoms with Gasteiger partial charge in [0.1, 0.15) is 17.6 Å². The molecule has 0 aliphatic carbocycles. The van der Waals surface area contributed by atoms with E-state index in [1.165, 1.54) is 37.5 Å². The Balaban J connectivity index is 1.98. The SMILES string of the molecule is CCc1cc(C(c2ncc[nH]2)n2ccnc2-c2cccc(F)n2)c(C)c(C(F)(F)F)c1. The maximum absolute atomic E-state index is 13.8. The standard InChI is InChI=1S/C22H19F4N5/c1-3-14-11-15(13(2)16(12-14)22(24,25)26)19(20-27-7-8-28-20)31-10-9-29-21(31)17-5-4-6-18(23)30-17/h4-12,19H,3H2,1-2H3,(H,27,28). The topological polar surface area (TPSA) is 59.4 Å². The first-order valence-electron chi connectivity index (χ1n) is 9.65. The quantitative estimate of drug-likeness (QED) is 0.344. The molecule has 5 nitrogen and oxygen atoms in total. The van der Waals surface area contributed by atoms with E-state index >= 15 is 0 Å². The van der Waals surface area contributed by atoms with Crippen molar-refractivity contribution < 1.29 is 17.6 Å². The zero-order chi connectivity index (χ0) is 22.2. The molecule has 160 valence electrons. The van der Waals surface area contributed by atoms with E-state index in [1.54, 1.807) is 36.0 Å². The Bertz CT molecular complexity index is 1200. The number of benzene rings is 1. The second-order valence-electron chi connectivity index (χ2n) is 7.09. The van der Waals surface area contributed by atoms with Crippen LogP contribution in [0.5, 0.6) is 0 Å². The number of halogens is 4. The minimum absolute atomic E-state index is 0.0953. The number of nitrogens with one attached hydrogen (secondary N) is 1. The van der Waals surface area contributed by atoms with Gasteiger partial charge >= 0.3 is 6.18 Å². The van der Waals surface area contributed by atoms with Gasteiger partial charge in [-0.1, -0.05) is 19.1 Å². The van der Waals surface area contributed by atoms with Crippen LogP contribution in [0.25, 0.3) is 11.5 Å². The van der Waals surface area contributed by atoms with Crippen LogP contribution < -0.4 is 0 Å². The van der Waals surface area contributed by atoms with Crippen molar-refractivity contribution in [2.45, 2.75) is 32.5 Å². The highest BCUT2D eigenvalue weighted by molar-refractivity contribution is 5.52. The van der Waals surface area contributed by atoms with Crippen LogP contribution in [0.2, 0.25) is 0 Å². The van der Waals surface area contributed by atoms with Gasteiger partial charge in [-0.25, -0.2) is 15.0 Å². The van der Waals surface area contributed by atoms with Gasteiger partial charge in [0, 0.05) is 24.8 Å². The number of aromatic amines is 1. The zero-order valence-electron chi connectivity index (χ0n) is 16.8. The lowest BCUT2D eigenvalue weighted by Crippen LogP contribution is -2.19. The minimum Gasteiger partial charge on any atom is -0.347 e. The Morgan fingerprint density at radius 2 is 1.94 bits per heavy atom. The average molecular weight is 429 g/mol. The number of aromatic nitrogens is 5. The molecule has 0 radical (unpaired) electrons. The summed E-state index contributed by atoms with van der Waals surface area (Å²) in [6.45, 7) is 3.25. The molecule has 0 saturated carbocycles. The lowest BCUT2D eigenvalue weighted by molar-refractivity contribution is -0.138. The van der Waals surface area contributed by atoms with Gasteiger partial charge in [-0.05, 0) is 48.2 Å². The fourth-order valence-electron chi connectivity index (χ4n) is 3.69. The number of H-pyrrole nitrogens is 1. The number of hydrogen-bond donors (Lipinski definition) is 1. The van der Waals surface area contributed by atoms with Crippen molar-refractivity contribution >= 4 is 0 Å². The maximum atomic E-state index is 13.8. The van der Waals surface area contributed by atoms with Crippen LogP contribution in [0.3, 0.4) is 0 Å². The Hall–Kier alpha value is -3.49. The van der Waals surface area contributed by atoms with E-state index in [1.807, 2.05) is 0 Å². The average Bonchev–Trinajstić information content (AvgIpc) is 3.41. The molecule has 9 heteroatoms. The van der Waals surface area contributed by atoms with Crippen molar-refractivity contribution in [1.82, 2.24) is 24.5 Å². The van der Waals surface area contributed by atoms with E-state index in [0.29, 0.717) is 29.2 Å². The van der Waals surface area contributed by atoms with Crippen LogP contribution in [-0.2, 0) is 12.6 Å². The molecular weight excluding hydrogens is 410 g/mol. The van der Waals surface area contributed by atoms with Gasteiger partial charge in [-0.15, -0.1) is 0 Å². The first kappa shape index (κ1) is 20.8. The second-order valence-corrected chi connectivity index (χ2v) is 7.09. The van der Waals surface area contributed by atoms with Crippen LogP contribution in [0.15, 0.2) is 55.1 Å². The fourth-order valence-corrected chi connectivity index (χ4v) is 3.69. The minimum atomic E-state index is -4.50. The Morgan fingerprint density at radius 1 is 1.13 bits per heavy atom. The van der Waals surface area contributed by atoms with Crippen molar-refractivity contribution in [1.29, 1.82) is 0 Å². The van der Waals surface area contributed by atoms with Crippen molar-refractivity contribution in [2.24, 2.45) is 0 Å². The van der Waals surface area contributed by atoms with Crippen LogP contribution >= 0.6 is 0 Å². The molecule has 0 aliphatic rings. The number of aryl methyl sites for hydroxylation is 1. The third-order valence-corrected chi connectivity index (χ3v) is 5.19. The summed E-state index contributed by atoms with van der Waals surface area (Å²) in [4.78, 5) is 15.5. The number of nitrogens with zero attached hydrogens (tertiary/aromatic N) is 4. The Kier molecular flexibility index (Phi) is 5.34. The third kappa shape index (κ3) is 3.95. The van der Waals surface area contributed by atoms with Crippen LogP contribution in [0.1, 0.15) is 41.0 Å². The van der Waals surface area contributed by atoms with E-state index in [4.69, 9.17) is 0 Å². The Morgan fingerprint density at radius 3 is 2.58 bits per heavy atom. The molecule has 0 spiro atoms. The molecule has 4 aromatic rings. The van der Waals surface area contributed by atoms with Crippen LogP contribution in [-0.4, -0.2) is 24.5 Å². The molecular formula is C22H19F4N5. The van der Waals surface area contributed by atoms with E-state index in [2.05, 4.69) is 19.9 Å². The molecule has 3 aromatic heterocycles. The number of alkyl halides is 3. The number of hydrogen-bond acceptors (Lipinski definition) is 3. The summed E-state index contributed by atoms with van der Waals surface area (Å²) in [5.41, 5.74) is 0.649. The van der Waals surface area contributed by atoms with Gasteiger partial charge in [0.05, 0.1) is 5.56 Å². The van der Waals surface area contributed by atoms with Gasteiger partial charge in [0.25, 0.3) is 0 Å². The number of rotatable bonds is 5. The third-order valence-electron chi connectivity index (χ3n) is 5.19. The summed E-state index contributed by atoms with van der Waals surface area (Å²) in [7, 11) is 0. The molecule has 0 fully saturated rings. The van der Waals surface area contributed by atoms with Gasteiger partial charge in [-0.2, -0.15) is 17.6 Å². The molecule has 4 rings (SSSR count). The largest absolute Gasteiger partial charge is 0.416 e. The fraction of sp³-hybridized carbons (Fsp3) is 0.227. The molecule has 1 N–H and O–H groups in total. The predicted molar refractivity (Wildman–Crippen MR) is 107 cm³/mol. The predicted octanol–water partition coefficient (Wildman–Crippen LogP) is 5.33. The molecule has 1 atom stereocenters. The molecule has 3 heterocycles.